The smallest absolute Gasteiger partial charge is 0.0712 e. The van der Waals surface area contributed by atoms with Gasteiger partial charge in [-0.15, -0.1) is 11.3 Å². The summed E-state index contributed by atoms with van der Waals surface area (Å²) in [6.45, 7) is 1.70. The van der Waals surface area contributed by atoms with E-state index in [0.717, 1.165) is 4.88 Å². The highest BCUT2D eigenvalue weighted by Crippen LogP contribution is 2.18. The Labute approximate surface area is 64.3 Å². The fourth-order valence-electron chi connectivity index (χ4n) is 0.719. The number of rotatable bonds is 2. The van der Waals surface area contributed by atoms with E-state index in [0.29, 0.717) is 0 Å². The van der Waals surface area contributed by atoms with Crippen molar-refractivity contribution in [2.24, 2.45) is 5.73 Å². The second-order valence-corrected chi connectivity index (χ2v) is 3.26. The lowest BCUT2D eigenvalue weighted by atomic mass is 10.2. The van der Waals surface area contributed by atoms with Gasteiger partial charge in [-0.2, -0.15) is 0 Å². The molecule has 0 aliphatic rings. The van der Waals surface area contributed by atoms with Crippen molar-refractivity contribution in [3.63, 3.8) is 0 Å². The molecular weight excluding hydrogens is 146 g/mol. The van der Waals surface area contributed by atoms with Gasteiger partial charge in [-0.1, -0.05) is 6.07 Å². The maximum Gasteiger partial charge on any atom is 0.0712 e. The third kappa shape index (κ3) is 1.56. The van der Waals surface area contributed by atoms with Crippen LogP contribution in [0.1, 0.15) is 17.8 Å². The van der Waals surface area contributed by atoms with Crippen molar-refractivity contribution in [2.45, 2.75) is 19.1 Å². The molecule has 1 aromatic heterocycles. The monoisotopic (exact) mass is 157 g/mol. The number of aliphatic hydroxyl groups excluding tert-OH is 1. The Morgan fingerprint density at radius 3 is 2.80 bits per heavy atom. The second kappa shape index (κ2) is 3.14. The second-order valence-electron chi connectivity index (χ2n) is 2.28. The van der Waals surface area contributed by atoms with Gasteiger partial charge in [0.1, 0.15) is 0 Å². The van der Waals surface area contributed by atoms with Crippen molar-refractivity contribution in [3.8, 4) is 0 Å². The number of hydrogen-bond donors (Lipinski definition) is 2. The zero-order valence-electron chi connectivity index (χ0n) is 5.82. The highest BCUT2D eigenvalue weighted by Gasteiger charge is 2.11. The van der Waals surface area contributed by atoms with Gasteiger partial charge in [0.15, 0.2) is 0 Å². The maximum absolute atomic E-state index is 9.07. The van der Waals surface area contributed by atoms with Crippen LogP contribution >= 0.6 is 11.3 Å². The van der Waals surface area contributed by atoms with Crippen LogP contribution in [-0.2, 0) is 0 Å². The molecule has 0 spiro atoms. The lowest BCUT2D eigenvalue weighted by Crippen LogP contribution is -2.21. The highest BCUT2D eigenvalue weighted by atomic mass is 32.1. The fraction of sp³-hybridized carbons (Fsp3) is 0.429. The molecule has 56 valence electrons. The van der Waals surface area contributed by atoms with Gasteiger partial charge in [0, 0.05) is 4.88 Å². The fourth-order valence-corrected chi connectivity index (χ4v) is 1.54. The molecule has 0 amide bonds. The summed E-state index contributed by atoms with van der Waals surface area (Å²) in [5, 5.41) is 11.0. The van der Waals surface area contributed by atoms with Crippen LogP contribution in [0.4, 0.5) is 0 Å². The van der Waals surface area contributed by atoms with Gasteiger partial charge in [0.2, 0.25) is 0 Å². The van der Waals surface area contributed by atoms with Crippen LogP contribution < -0.4 is 5.73 Å². The summed E-state index contributed by atoms with van der Waals surface area (Å²) in [5.41, 5.74) is 5.64. The summed E-state index contributed by atoms with van der Waals surface area (Å²) in [4.78, 5) is 1.04. The van der Waals surface area contributed by atoms with Crippen LogP contribution in [0.15, 0.2) is 17.5 Å². The van der Waals surface area contributed by atoms with Crippen LogP contribution in [-0.4, -0.2) is 11.2 Å². The van der Waals surface area contributed by atoms with Gasteiger partial charge in [-0.05, 0) is 18.4 Å². The molecule has 0 radical (unpaired) electrons. The van der Waals surface area contributed by atoms with Crippen molar-refractivity contribution in [2.75, 3.05) is 0 Å². The lowest BCUT2D eigenvalue weighted by Gasteiger charge is -2.11. The maximum atomic E-state index is 9.07. The first-order valence-electron chi connectivity index (χ1n) is 3.19. The highest BCUT2D eigenvalue weighted by molar-refractivity contribution is 7.10. The van der Waals surface area contributed by atoms with Gasteiger partial charge in [0.25, 0.3) is 0 Å². The van der Waals surface area contributed by atoms with E-state index < -0.39 is 6.10 Å². The largest absolute Gasteiger partial charge is 0.391 e. The van der Waals surface area contributed by atoms with Gasteiger partial charge in [-0.3, -0.25) is 0 Å². The first-order valence-corrected chi connectivity index (χ1v) is 4.07. The molecule has 1 aromatic rings. The molecular formula is C7H11NOS. The molecule has 10 heavy (non-hydrogen) atoms. The first-order chi connectivity index (χ1) is 4.72. The number of nitrogens with two attached hydrogens (primary N) is 1. The topological polar surface area (TPSA) is 46.2 Å². The Morgan fingerprint density at radius 2 is 2.40 bits per heavy atom. The lowest BCUT2D eigenvalue weighted by molar-refractivity contribution is 0.165. The number of aliphatic hydroxyl groups is 1. The van der Waals surface area contributed by atoms with Crippen molar-refractivity contribution in [1.82, 2.24) is 0 Å². The zero-order valence-corrected chi connectivity index (χ0v) is 6.64. The van der Waals surface area contributed by atoms with E-state index >= 15 is 0 Å². The van der Waals surface area contributed by atoms with Crippen molar-refractivity contribution >= 4 is 11.3 Å². The first kappa shape index (κ1) is 7.72. The van der Waals surface area contributed by atoms with Gasteiger partial charge < -0.3 is 10.8 Å². The van der Waals surface area contributed by atoms with Crippen LogP contribution in [0, 0.1) is 0 Å². The summed E-state index contributed by atoms with van der Waals surface area (Å²) < 4.78 is 0. The molecule has 1 rings (SSSR count). The standard InChI is InChI=1S/C7H11NOS/c1-5(9)7(8)6-3-2-4-10-6/h2-5,7,9H,8H2,1H3/t5-,7+/m0/s1. The quantitative estimate of drug-likeness (QED) is 0.676. The molecule has 0 fully saturated rings. The predicted octanol–water partition coefficient (Wildman–Crippen LogP) is 1.13. The predicted molar refractivity (Wildman–Crippen MR) is 42.9 cm³/mol. The molecule has 2 atom stereocenters. The zero-order chi connectivity index (χ0) is 7.56. The van der Waals surface area contributed by atoms with E-state index in [-0.39, 0.29) is 6.04 Å². The minimum absolute atomic E-state index is 0.222. The van der Waals surface area contributed by atoms with Gasteiger partial charge in [0.05, 0.1) is 12.1 Å². The van der Waals surface area contributed by atoms with Crippen LogP contribution in [0.3, 0.4) is 0 Å². The Balaban J connectivity index is 2.68. The van der Waals surface area contributed by atoms with Crippen molar-refractivity contribution < 1.29 is 5.11 Å². The SMILES string of the molecule is C[C@H](O)[C@@H](N)c1cccs1. The summed E-state index contributed by atoms with van der Waals surface area (Å²) in [7, 11) is 0. The number of hydrogen-bond acceptors (Lipinski definition) is 3. The normalized spacial score (nSPS) is 16.7. The molecule has 3 N–H and O–H groups in total. The molecule has 0 saturated carbocycles. The summed E-state index contributed by atoms with van der Waals surface area (Å²) in [6.07, 6.45) is -0.460. The van der Waals surface area contributed by atoms with Gasteiger partial charge in [-0.25, -0.2) is 0 Å². The van der Waals surface area contributed by atoms with Crippen LogP contribution in [0.5, 0.6) is 0 Å². The molecule has 0 bridgehead atoms. The van der Waals surface area contributed by atoms with Crippen molar-refractivity contribution in [3.05, 3.63) is 22.4 Å². The van der Waals surface area contributed by atoms with E-state index in [1.54, 1.807) is 18.3 Å². The minimum Gasteiger partial charge on any atom is -0.391 e. The molecule has 1 heterocycles. The van der Waals surface area contributed by atoms with E-state index in [9.17, 15) is 0 Å². The summed E-state index contributed by atoms with van der Waals surface area (Å²) >= 11 is 1.57. The molecule has 0 unspecified atom stereocenters. The minimum atomic E-state index is -0.460. The van der Waals surface area contributed by atoms with E-state index in [4.69, 9.17) is 10.8 Å². The Bertz CT molecular complexity index is 183. The average Bonchev–Trinajstić information content (AvgIpc) is 2.36. The molecule has 0 aromatic carbocycles. The van der Waals surface area contributed by atoms with Crippen molar-refractivity contribution in [1.29, 1.82) is 0 Å². The molecule has 3 heteroatoms. The van der Waals surface area contributed by atoms with Gasteiger partial charge >= 0.3 is 0 Å². The Kier molecular flexibility index (Phi) is 2.43. The number of thiophene rings is 1. The Hall–Kier alpha value is -0.380. The summed E-state index contributed by atoms with van der Waals surface area (Å²) in [6, 6.07) is 3.64. The summed E-state index contributed by atoms with van der Waals surface area (Å²) in [5.74, 6) is 0. The molecule has 0 aliphatic carbocycles. The molecule has 0 aliphatic heterocycles. The third-order valence-electron chi connectivity index (χ3n) is 1.39. The van der Waals surface area contributed by atoms with Crippen LogP contribution in [0.2, 0.25) is 0 Å². The molecule has 0 saturated heterocycles. The van der Waals surface area contributed by atoms with E-state index in [1.807, 2.05) is 17.5 Å². The molecule has 2 nitrogen and oxygen atoms in total. The Morgan fingerprint density at radius 1 is 1.70 bits per heavy atom. The van der Waals surface area contributed by atoms with E-state index in [1.165, 1.54) is 0 Å². The van der Waals surface area contributed by atoms with E-state index in [2.05, 4.69) is 0 Å². The average molecular weight is 157 g/mol. The third-order valence-corrected chi connectivity index (χ3v) is 2.37. The van der Waals surface area contributed by atoms with Crippen LogP contribution in [0.25, 0.3) is 0 Å².